The molecule has 0 bridgehead atoms. The van der Waals surface area contributed by atoms with Crippen LogP contribution in [0.15, 0.2) is 0 Å². The lowest BCUT2D eigenvalue weighted by molar-refractivity contribution is -0.00457. The first kappa shape index (κ1) is 12.3. The van der Waals surface area contributed by atoms with Gasteiger partial charge in [-0.25, -0.2) is 0 Å². The molecule has 1 aliphatic rings. The van der Waals surface area contributed by atoms with Crippen molar-refractivity contribution in [3.05, 3.63) is 0 Å². The van der Waals surface area contributed by atoms with E-state index in [4.69, 9.17) is 0 Å². The van der Waals surface area contributed by atoms with Crippen molar-refractivity contribution >= 4 is 11.8 Å². The second-order valence-electron chi connectivity index (χ2n) is 4.36. The summed E-state index contributed by atoms with van der Waals surface area (Å²) in [6.07, 6.45) is 2.99. The van der Waals surface area contributed by atoms with E-state index < -0.39 is 5.60 Å². The monoisotopic (exact) mass is 217 g/mol. The molecule has 0 saturated carbocycles. The summed E-state index contributed by atoms with van der Waals surface area (Å²) in [5, 5.41) is 10.2. The molecule has 0 aromatic carbocycles. The van der Waals surface area contributed by atoms with Gasteiger partial charge in [0.15, 0.2) is 0 Å². The molecule has 0 aromatic heterocycles. The van der Waals surface area contributed by atoms with Crippen molar-refractivity contribution < 1.29 is 5.11 Å². The molecule has 1 rings (SSSR count). The van der Waals surface area contributed by atoms with Crippen LogP contribution in [0.4, 0.5) is 0 Å². The van der Waals surface area contributed by atoms with Gasteiger partial charge in [0, 0.05) is 18.3 Å². The Hall–Kier alpha value is 0.270. The Kier molecular flexibility index (Phi) is 4.74. The summed E-state index contributed by atoms with van der Waals surface area (Å²) in [4.78, 5) is 2.34. The zero-order valence-corrected chi connectivity index (χ0v) is 10.4. The van der Waals surface area contributed by atoms with Gasteiger partial charge in [-0.3, -0.25) is 4.90 Å². The van der Waals surface area contributed by atoms with E-state index in [0.29, 0.717) is 6.04 Å². The minimum Gasteiger partial charge on any atom is -0.389 e. The van der Waals surface area contributed by atoms with Gasteiger partial charge in [0.05, 0.1) is 5.60 Å². The molecule has 0 aliphatic carbocycles. The van der Waals surface area contributed by atoms with Crippen LogP contribution in [0.3, 0.4) is 0 Å². The molecular formula is C11H23NOS. The van der Waals surface area contributed by atoms with Crippen LogP contribution < -0.4 is 0 Å². The maximum atomic E-state index is 10.2. The predicted octanol–water partition coefficient (Wildman–Crippen LogP) is 1.97. The highest BCUT2D eigenvalue weighted by Crippen LogP contribution is 2.24. The Morgan fingerprint density at radius 3 is 2.50 bits per heavy atom. The highest BCUT2D eigenvalue weighted by atomic mass is 32.2. The first-order chi connectivity index (χ1) is 6.61. The molecule has 3 heteroatoms. The summed E-state index contributed by atoms with van der Waals surface area (Å²) in [5.41, 5.74) is -0.470. The maximum absolute atomic E-state index is 10.2. The first-order valence-electron chi connectivity index (χ1n) is 5.61. The zero-order valence-electron chi connectivity index (χ0n) is 9.62. The van der Waals surface area contributed by atoms with E-state index in [9.17, 15) is 5.11 Å². The zero-order chi connectivity index (χ0) is 10.6. The third-order valence-electron chi connectivity index (χ3n) is 3.39. The van der Waals surface area contributed by atoms with Gasteiger partial charge in [0.2, 0.25) is 0 Å². The van der Waals surface area contributed by atoms with Gasteiger partial charge in [-0.15, -0.1) is 0 Å². The lowest BCUT2D eigenvalue weighted by Crippen LogP contribution is -2.45. The predicted molar refractivity (Wildman–Crippen MR) is 63.9 cm³/mol. The molecule has 0 spiro atoms. The van der Waals surface area contributed by atoms with E-state index >= 15 is 0 Å². The van der Waals surface area contributed by atoms with Gasteiger partial charge in [-0.05, 0) is 32.1 Å². The standard InChI is InChI=1S/C11H23NOS/c1-4-11(13,5-2)9-12(3)10-6-7-14-8-10/h10,13H,4-9H2,1-3H3. The number of aliphatic hydroxyl groups is 1. The molecule has 1 unspecified atom stereocenters. The molecule has 1 N–H and O–H groups in total. The third kappa shape index (κ3) is 3.14. The van der Waals surface area contributed by atoms with Crippen LogP contribution in [0.1, 0.15) is 33.1 Å². The van der Waals surface area contributed by atoms with Crippen molar-refractivity contribution in [2.45, 2.75) is 44.8 Å². The molecule has 1 heterocycles. The van der Waals surface area contributed by atoms with Crippen LogP contribution in [0.2, 0.25) is 0 Å². The number of hydrogen-bond acceptors (Lipinski definition) is 3. The first-order valence-corrected chi connectivity index (χ1v) is 6.77. The summed E-state index contributed by atoms with van der Waals surface area (Å²) < 4.78 is 0. The summed E-state index contributed by atoms with van der Waals surface area (Å²) in [6, 6.07) is 0.685. The van der Waals surface area contributed by atoms with Gasteiger partial charge in [-0.1, -0.05) is 13.8 Å². The van der Waals surface area contributed by atoms with Gasteiger partial charge in [0.1, 0.15) is 0 Å². The molecular weight excluding hydrogens is 194 g/mol. The number of likely N-dealkylation sites (N-methyl/N-ethyl adjacent to an activating group) is 1. The molecule has 1 aliphatic heterocycles. The number of nitrogens with zero attached hydrogens (tertiary/aromatic N) is 1. The van der Waals surface area contributed by atoms with E-state index in [1.165, 1.54) is 17.9 Å². The second-order valence-corrected chi connectivity index (χ2v) is 5.51. The molecule has 1 fully saturated rings. The molecule has 1 saturated heterocycles. The Morgan fingerprint density at radius 2 is 2.07 bits per heavy atom. The largest absolute Gasteiger partial charge is 0.389 e. The number of rotatable bonds is 5. The summed E-state index contributed by atoms with van der Waals surface area (Å²) in [5.74, 6) is 2.52. The topological polar surface area (TPSA) is 23.5 Å². The van der Waals surface area contributed by atoms with Crippen molar-refractivity contribution in [2.24, 2.45) is 0 Å². The Balaban J connectivity index is 2.41. The Labute approximate surface area is 92.1 Å². The highest BCUT2D eigenvalue weighted by Gasteiger charge is 2.28. The number of hydrogen-bond donors (Lipinski definition) is 1. The molecule has 14 heavy (non-hydrogen) atoms. The van der Waals surface area contributed by atoms with Gasteiger partial charge in [-0.2, -0.15) is 11.8 Å². The quantitative estimate of drug-likeness (QED) is 0.761. The Morgan fingerprint density at radius 1 is 1.43 bits per heavy atom. The molecule has 1 atom stereocenters. The van der Waals surface area contributed by atoms with Crippen LogP contribution in [0, 0.1) is 0 Å². The van der Waals surface area contributed by atoms with Gasteiger partial charge in [0.25, 0.3) is 0 Å². The molecule has 2 nitrogen and oxygen atoms in total. The van der Waals surface area contributed by atoms with E-state index in [0.717, 1.165) is 19.4 Å². The molecule has 0 amide bonds. The van der Waals surface area contributed by atoms with E-state index in [1.807, 2.05) is 11.8 Å². The van der Waals surface area contributed by atoms with Crippen molar-refractivity contribution in [3.8, 4) is 0 Å². The summed E-state index contributed by atoms with van der Waals surface area (Å²) in [6.45, 7) is 4.96. The maximum Gasteiger partial charge on any atom is 0.0768 e. The lowest BCUT2D eigenvalue weighted by atomic mass is 9.96. The Bertz CT molecular complexity index is 165. The fourth-order valence-corrected chi connectivity index (χ4v) is 3.24. The SMILES string of the molecule is CCC(O)(CC)CN(C)C1CCSC1. The average molecular weight is 217 g/mol. The number of thioether (sulfide) groups is 1. The minimum absolute atomic E-state index is 0.470. The summed E-state index contributed by atoms with van der Waals surface area (Å²) >= 11 is 2.03. The van der Waals surface area contributed by atoms with Gasteiger partial charge >= 0.3 is 0 Å². The van der Waals surface area contributed by atoms with Crippen LogP contribution in [-0.2, 0) is 0 Å². The molecule has 0 radical (unpaired) electrons. The average Bonchev–Trinajstić information content (AvgIpc) is 2.70. The molecule has 0 aromatic rings. The smallest absolute Gasteiger partial charge is 0.0768 e. The fraction of sp³-hybridized carbons (Fsp3) is 1.00. The van der Waals surface area contributed by atoms with E-state index in [-0.39, 0.29) is 0 Å². The van der Waals surface area contributed by atoms with Crippen molar-refractivity contribution in [3.63, 3.8) is 0 Å². The van der Waals surface area contributed by atoms with E-state index in [2.05, 4.69) is 25.8 Å². The van der Waals surface area contributed by atoms with Crippen molar-refractivity contribution in [1.82, 2.24) is 4.90 Å². The lowest BCUT2D eigenvalue weighted by Gasteiger charge is -2.33. The highest BCUT2D eigenvalue weighted by molar-refractivity contribution is 7.99. The van der Waals surface area contributed by atoms with Crippen LogP contribution in [0.5, 0.6) is 0 Å². The summed E-state index contributed by atoms with van der Waals surface area (Å²) in [7, 11) is 2.15. The van der Waals surface area contributed by atoms with E-state index in [1.54, 1.807) is 0 Å². The van der Waals surface area contributed by atoms with Crippen LogP contribution in [-0.4, -0.2) is 46.7 Å². The minimum atomic E-state index is -0.470. The third-order valence-corrected chi connectivity index (χ3v) is 4.53. The van der Waals surface area contributed by atoms with Gasteiger partial charge < -0.3 is 5.11 Å². The van der Waals surface area contributed by atoms with Crippen molar-refractivity contribution in [2.75, 3.05) is 25.1 Å². The van der Waals surface area contributed by atoms with Crippen molar-refractivity contribution in [1.29, 1.82) is 0 Å². The molecule has 84 valence electrons. The van der Waals surface area contributed by atoms with Crippen LogP contribution >= 0.6 is 11.8 Å². The fourth-order valence-electron chi connectivity index (χ4n) is 1.94. The normalized spacial score (nSPS) is 23.4. The second kappa shape index (κ2) is 5.38. The van der Waals surface area contributed by atoms with Crippen LogP contribution in [0.25, 0.3) is 0 Å².